The molecule has 21 heavy (non-hydrogen) atoms. The summed E-state index contributed by atoms with van der Waals surface area (Å²) in [4.78, 5) is 11.8. The van der Waals surface area contributed by atoms with Gasteiger partial charge in [-0.3, -0.25) is 0 Å². The molecule has 0 saturated heterocycles. The molecule has 1 aromatic rings. The van der Waals surface area contributed by atoms with Gasteiger partial charge in [0.1, 0.15) is 17.9 Å². The van der Waals surface area contributed by atoms with E-state index < -0.39 is 5.97 Å². The zero-order chi connectivity index (χ0) is 15.3. The first-order chi connectivity index (χ1) is 10.1. The Morgan fingerprint density at radius 2 is 2.14 bits per heavy atom. The number of hydrogen-bond acceptors (Lipinski definition) is 5. The quantitative estimate of drug-likeness (QED) is 0.567. The van der Waals surface area contributed by atoms with Gasteiger partial charge in [-0.15, -0.1) is 0 Å². The molecular formula is C15H21ClN2O3. The van der Waals surface area contributed by atoms with Crippen LogP contribution in [-0.4, -0.2) is 45.4 Å². The smallest absolute Gasteiger partial charge is 0.341 e. The van der Waals surface area contributed by atoms with Crippen molar-refractivity contribution in [3.8, 4) is 5.75 Å². The molecular weight excluding hydrogens is 292 g/mol. The van der Waals surface area contributed by atoms with Crippen LogP contribution in [0.1, 0.15) is 23.2 Å². The van der Waals surface area contributed by atoms with E-state index in [0.29, 0.717) is 22.9 Å². The summed E-state index contributed by atoms with van der Waals surface area (Å²) in [5.41, 5.74) is 0.389. The van der Waals surface area contributed by atoms with E-state index in [4.69, 9.17) is 21.1 Å². The predicted molar refractivity (Wildman–Crippen MR) is 82.2 cm³/mol. The molecule has 0 amide bonds. The van der Waals surface area contributed by atoms with Crippen LogP contribution in [0.15, 0.2) is 18.2 Å². The first kappa shape index (κ1) is 16.1. The van der Waals surface area contributed by atoms with Crippen LogP contribution < -0.4 is 15.4 Å². The van der Waals surface area contributed by atoms with Crippen LogP contribution in [-0.2, 0) is 4.74 Å². The summed E-state index contributed by atoms with van der Waals surface area (Å²) in [6.45, 7) is 2.34. The number of rotatable bonds is 8. The molecule has 2 rings (SSSR count). The summed E-state index contributed by atoms with van der Waals surface area (Å²) in [7, 11) is 3.27. The Bertz CT molecular complexity index is 504. The lowest BCUT2D eigenvalue weighted by Crippen LogP contribution is -2.40. The maximum absolute atomic E-state index is 11.8. The summed E-state index contributed by atoms with van der Waals surface area (Å²) in [6, 6.07) is 4.98. The third-order valence-corrected chi connectivity index (χ3v) is 3.81. The minimum absolute atomic E-state index is 0.0316. The highest BCUT2D eigenvalue weighted by molar-refractivity contribution is 6.31. The Balaban J connectivity index is 1.98. The largest absolute Gasteiger partial charge is 0.491 e. The predicted octanol–water partition coefficient (Wildman–Crippen LogP) is 1.85. The molecule has 116 valence electrons. The zero-order valence-corrected chi connectivity index (χ0v) is 13.1. The van der Waals surface area contributed by atoms with Gasteiger partial charge >= 0.3 is 5.97 Å². The molecule has 0 atom stereocenters. The van der Waals surface area contributed by atoms with E-state index in [2.05, 4.69) is 10.6 Å². The number of carbonyl (C=O) groups excluding carboxylic acids is 1. The number of likely N-dealkylation sites (N-methyl/N-ethyl adjacent to an activating group) is 1. The monoisotopic (exact) mass is 312 g/mol. The van der Waals surface area contributed by atoms with Gasteiger partial charge in [0.25, 0.3) is 0 Å². The van der Waals surface area contributed by atoms with Crippen LogP contribution in [0.3, 0.4) is 0 Å². The summed E-state index contributed by atoms with van der Waals surface area (Å²) in [5, 5.41) is 7.07. The van der Waals surface area contributed by atoms with Crippen LogP contribution in [0, 0.1) is 0 Å². The summed E-state index contributed by atoms with van der Waals surface area (Å²) < 4.78 is 10.6. The number of methoxy groups -OCH3 is 1. The molecule has 1 aliphatic rings. The van der Waals surface area contributed by atoms with E-state index in [0.717, 1.165) is 25.9 Å². The maximum atomic E-state index is 11.8. The fourth-order valence-electron chi connectivity index (χ4n) is 2.09. The molecule has 6 heteroatoms. The van der Waals surface area contributed by atoms with Gasteiger partial charge in [0.05, 0.1) is 12.6 Å². The first-order valence-electron chi connectivity index (χ1n) is 7.00. The number of halogens is 1. The second-order valence-electron chi connectivity index (χ2n) is 5.23. The molecule has 0 bridgehead atoms. The fourth-order valence-corrected chi connectivity index (χ4v) is 2.26. The minimum atomic E-state index is -0.444. The molecule has 0 radical (unpaired) electrons. The molecule has 0 unspecified atom stereocenters. The van der Waals surface area contributed by atoms with Crippen molar-refractivity contribution >= 4 is 17.6 Å². The van der Waals surface area contributed by atoms with E-state index in [1.807, 2.05) is 7.05 Å². The van der Waals surface area contributed by atoms with Gasteiger partial charge in [-0.1, -0.05) is 11.6 Å². The Morgan fingerprint density at radius 3 is 2.76 bits per heavy atom. The third-order valence-electron chi connectivity index (χ3n) is 3.58. The molecule has 0 heterocycles. The highest BCUT2D eigenvalue weighted by Crippen LogP contribution is 2.36. The Kier molecular flexibility index (Phi) is 5.45. The van der Waals surface area contributed by atoms with Crippen LogP contribution >= 0.6 is 11.6 Å². The second kappa shape index (κ2) is 7.11. The van der Waals surface area contributed by atoms with Crippen molar-refractivity contribution in [2.45, 2.75) is 18.4 Å². The molecule has 1 saturated carbocycles. The number of ether oxygens (including phenoxy) is 2. The van der Waals surface area contributed by atoms with Gasteiger partial charge in [-0.25, -0.2) is 4.79 Å². The highest BCUT2D eigenvalue weighted by Gasteiger charge is 2.43. The fraction of sp³-hybridized carbons (Fsp3) is 0.533. The number of carbonyl (C=O) groups is 1. The van der Waals surface area contributed by atoms with E-state index in [-0.39, 0.29) is 5.54 Å². The van der Waals surface area contributed by atoms with Crippen LogP contribution in [0.25, 0.3) is 0 Å². The number of benzene rings is 1. The molecule has 1 aromatic carbocycles. The topological polar surface area (TPSA) is 59.6 Å². The van der Waals surface area contributed by atoms with Crippen molar-refractivity contribution in [1.29, 1.82) is 0 Å². The second-order valence-corrected chi connectivity index (χ2v) is 5.67. The van der Waals surface area contributed by atoms with Crippen molar-refractivity contribution in [3.05, 3.63) is 28.8 Å². The van der Waals surface area contributed by atoms with Crippen LogP contribution in [0.4, 0.5) is 0 Å². The van der Waals surface area contributed by atoms with Crippen molar-refractivity contribution < 1.29 is 14.3 Å². The van der Waals surface area contributed by atoms with Gasteiger partial charge in [-0.05, 0) is 38.1 Å². The van der Waals surface area contributed by atoms with Gasteiger partial charge in [0.2, 0.25) is 0 Å². The summed E-state index contributed by atoms with van der Waals surface area (Å²) in [5.74, 6) is 0.0634. The number of esters is 1. The maximum Gasteiger partial charge on any atom is 0.341 e. The van der Waals surface area contributed by atoms with Crippen molar-refractivity contribution in [1.82, 2.24) is 10.6 Å². The SMILES string of the molecule is CNCCNC1(COc2ccc(Cl)cc2C(=O)OC)CC1. The van der Waals surface area contributed by atoms with Gasteiger partial charge in [-0.2, -0.15) is 0 Å². The van der Waals surface area contributed by atoms with Gasteiger partial charge < -0.3 is 20.1 Å². The molecule has 0 spiro atoms. The standard InChI is InChI=1S/C15H21ClN2O3/c1-17-7-8-18-15(5-6-15)10-21-13-4-3-11(16)9-12(13)14(19)20-2/h3-4,9,17-18H,5-8,10H2,1-2H3. The van der Waals surface area contributed by atoms with E-state index in [1.54, 1.807) is 18.2 Å². The lowest BCUT2D eigenvalue weighted by Gasteiger charge is -2.19. The molecule has 1 aliphatic carbocycles. The highest BCUT2D eigenvalue weighted by atomic mass is 35.5. The number of hydrogen-bond donors (Lipinski definition) is 2. The van der Waals surface area contributed by atoms with E-state index in [9.17, 15) is 4.79 Å². The molecule has 5 nitrogen and oxygen atoms in total. The summed E-state index contributed by atoms with van der Waals surface area (Å²) in [6.07, 6.45) is 2.16. The lowest BCUT2D eigenvalue weighted by atomic mass is 10.2. The van der Waals surface area contributed by atoms with Crippen LogP contribution in [0.2, 0.25) is 5.02 Å². The van der Waals surface area contributed by atoms with Crippen molar-refractivity contribution in [3.63, 3.8) is 0 Å². The van der Waals surface area contributed by atoms with E-state index >= 15 is 0 Å². The van der Waals surface area contributed by atoms with Crippen molar-refractivity contribution in [2.75, 3.05) is 33.9 Å². The normalized spacial score (nSPS) is 15.6. The third kappa shape index (κ3) is 4.33. The molecule has 2 N–H and O–H groups in total. The van der Waals surface area contributed by atoms with Crippen LogP contribution in [0.5, 0.6) is 5.75 Å². The minimum Gasteiger partial charge on any atom is -0.491 e. The molecule has 1 fully saturated rings. The average molecular weight is 313 g/mol. The first-order valence-corrected chi connectivity index (χ1v) is 7.38. The van der Waals surface area contributed by atoms with Gasteiger partial charge in [0.15, 0.2) is 0 Å². The average Bonchev–Trinajstić information content (AvgIpc) is 3.26. The van der Waals surface area contributed by atoms with E-state index in [1.165, 1.54) is 7.11 Å². The summed E-state index contributed by atoms with van der Waals surface area (Å²) >= 11 is 5.92. The van der Waals surface area contributed by atoms with Crippen molar-refractivity contribution in [2.24, 2.45) is 0 Å². The Labute approximate surface area is 130 Å². The number of nitrogens with one attached hydrogen (secondary N) is 2. The molecule has 0 aliphatic heterocycles. The lowest BCUT2D eigenvalue weighted by molar-refractivity contribution is 0.0595. The Morgan fingerprint density at radius 1 is 1.38 bits per heavy atom. The van der Waals surface area contributed by atoms with Gasteiger partial charge in [0, 0.05) is 18.1 Å². The Hall–Kier alpha value is -1.30. The zero-order valence-electron chi connectivity index (χ0n) is 12.4. The molecule has 0 aromatic heterocycles.